The Morgan fingerprint density at radius 2 is 2.05 bits per heavy atom. The molecule has 0 radical (unpaired) electrons. The average molecular weight is 266 g/mol. The van der Waals surface area contributed by atoms with Crippen LogP contribution in [0.1, 0.15) is 11.9 Å². The number of rotatable bonds is 2. The van der Waals surface area contributed by atoms with Crippen LogP contribution in [0.15, 0.2) is 12.7 Å². The summed E-state index contributed by atoms with van der Waals surface area (Å²) in [6, 6.07) is 0. The minimum atomic E-state index is -1.14. The van der Waals surface area contributed by atoms with Crippen LogP contribution < -0.4 is 0 Å². The summed E-state index contributed by atoms with van der Waals surface area (Å²) < 4.78 is 7.04. The Labute approximate surface area is 108 Å². The van der Waals surface area contributed by atoms with Crippen molar-refractivity contribution in [2.45, 2.75) is 31.5 Å². The third-order valence-electron chi connectivity index (χ3n) is 3.34. The fraction of sp³-hybridized carbons (Fsp3) is 0.545. The van der Waals surface area contributed by atoms with Crippen molar-refractivity contribution in [2.24, 2.45) is 0 Å². The van der Waals surface area contributed by atoms with Crippen LogP contribution in [0, 0.1) is 6.92 Å². The van der Waals surface area contributed by atoms with Gasteiger partial charge in [-0.1, -0.05) is 0 Å². The number of hydrogen-bond donors (Lipinski definition) is 3. The van der Waals surface area contributed by atoms with Crippen molar-refractivity contribution in [3.05, 3.63) is 18.3 Å². The number of hydrogen-bond acceptors (Lipinski definition) is 7. The van der Waals surface area contributed by atoms with E-state index < -0.39 is 24.5 Å². The van der Waals surface area contributed by atoms with E-state index in [1.165, 1.54) is 12.7 Å². The Morgan fingerprint density at radius 1 is 1.26 bits per heavy atom. The summed E-state index contributed by atoms with van der Waals surface area (Å²) in [5.41, 5.74) is 1.82. The lowest BCUT2D eigenvalue weighted by atomic mass is 10.1. The molecule has 2 aromatic rings. The molecule has 1 saturated heterocycles. The minimum Gasteiger partial charge on any atom is -0.394 e. The smallest absolute Gasteiger partial charge is 0.181 e. The monoisotopic (exact) mass is 266 g/mol. The van der Waals surface area contributed by atoms with E-state index >= 15 is 0 Å². The Kier molecular flexibility index (Phi) is 2.94. The lowest BCUT2D eigenvalue weighted by Gasteiger charge is -2.17. The van der Waals surface area contributed by atoms with E-state index in [0.717, 1.165) is 0 Å². The van der Waals surface area contributed by atoms with Crippen molar-refractivity contribution in [1.29, 1.82) is 0 Å². The lowest BCUT2D eigenvalue weighted by Crippen LogP contribution is -2.33. The van der Waals surface area contributed by atoms with Gasteiger partial charge in [-0.05, 0) is 6.92 Å². The molecule has 1 fully saturated rings. The molecule has 8 heteroatoms. The molecule has 0 unspecified atom stereocenters. The van der Waals surface area contributed by atoms with E-state index in [1.807, 2.05) is 0 Å². The summed E-state index contributed by atoms with van der Waals surface area (Å²) in [6.45, 7) is 1.43. The highest BCUT2D eigenvalue weighted by Gasteiger charge is 2.43. The van der Waals surface area contributed by atoms with Crippen molar-refractivity contribution in [2.75, 3.05) is 6.61 Å². The number of aryl methyl sites for hydroxylation is 1. The van der Waals surface area contributed by atoms with E-state index in [0.29, 0.717) is 16.9 Å². The zero-order chi connectivity index (χ0) is 13.6. The van der Waals surface area contributed by atoms with Crippen LogP contribution in [0.4, 0.5) is 0 Å². The molecule has 3 heterocycles. The molecule has 8 nitrogen and oxygen atoms in total. The van der Waals surface area contributed by atoms with Crippen LogP contribution >= 0.6 is 0 Å². The van der Waals surface area contributed by atoms with Gasteiger partial charge in [0.2, 0.25) is 0 Å². The first-order chi connectivity index (χ1) is 9.13. The highest BCUT2D eigenvalue weighted by molar-refractivity contribution is 5.73. The number of aromatic nitrogens is 4. The highest BCUT2D eigenvalue weighted by Crippen LogP contribution is 2.31. The molecule has 0 aliphatic carbocycles. The summed E-state index contributed by atoms with van der Waals surface area (Å²) in [4.78, 5) is 12.2. The topological polar surface area (TPSA) is 114 Å². The van der Waals surface area contributed by atoms with Crippen LogP contribution in [0.2, 0.25) is 0 Å². The second kappa shape index (κ2) is 4.49. The number of aliphatic hydroxyl groups excluding tert-OH is 3. The molecule has 1 aliphatic heterocycles. The Bertz CT molecular complexity index is 601. The van der Waals surface area contributed by atoms with E-state index in [-0.39, 0.29) is 6.61 Å². The Hall–Kier alpha value is -1.61. The van der Waals surface area contributed by atoms with Crippen molar-refractivity contribution in [1.82, 2.24) is 19.5 Å². The Morgan fingerprint density at radius 3 is 2.74 bits per heavy atom. The highest BCUT2D eigenvalue weighted by atomic mass is 16.6. The van der Waals surface area contributed by atoms with Crippen molar-refractivity contribution in [3.63, 3.8) is 0 Å². The van der Waals surface area contributed by atoms with Gasteiger partial charge < -0.3 is 20.1 Å². The van der Waals surface area contributed by atoms with Gasteiger partial charge in [0.1, 0.15) is 30.2 Å². The summed E-state index contributed by atoms with van der Waals surface area (Å²) in [5.74, 6) is 0. The number of fused-ring (bicyclic) bond motifs is 1. The SMILES string of the molecule is Cc1ncnc2ncn([C@@H]3O[C@H](CO)[C@H](O)[C@@H]3O)c12. The van der Waals surface area contributed by atoms with Gasteiger partial charge in [-0.15, -0.1) is 0 Å². The average Bonchev–Trinajstić information content (AvgIpc) is 2.94. The van der Waals surface area contributed by atoms with Gasteiger partial charge in [-0.25, -0.2) is 15.0 Å². The molecule has 0 bridgehead atoms. The predicted molar refractivity (Wildman–Crippen MR) is 63.1 cm³/mol. The second-order valence-electron chi connectivity index (χ2n) is 4.51. The second-order valence-corrected chi connectivity index (χ2v) is 4.51. The molecule has 0 saturated carbocycles. The third-order valence-corrected chi connectivity index (χ3v) is 3.34. The largest absolute Gasteiger partial charge is 0.394 e. The van der Waals surface area contributed by atoms with Crippen molar-refractivity contribution in [3.8, 4) is 0 Å². The molecule has 3 rings (SSSR count). The molecule has 19 heavy (non-hydrogen) atoms. The maximum Gasteiger partial charge on any atom is 0.181 e. The molecule has 0 amide bonds. The number of imidazole rings is 1. The van der Waals surface area contributed by atoms with Gasteiger partial charge in [-0.2, -0.15) is 0 Å². The van der Waals surface area contributed by atoms with Gasteiger partial charge in [0.15, 0.2) is 11.9 Å². The van der Waals surface area contributed by atoms with E-state index in [4.69, 9.17) is 9.84 Å². The van der Waals surface area contributed by atoms with E-state index in [9.17, 15) is 10.2 Å². The van der Waals surface area contributed by atoms with Gasteiger partial charge in [-0.3, -0.25) is 4.57 Å². The number of aliphatic hydroxyl groups is 3. The van der Waals surface area contributed by atoms with Crippen LogP contribution in [0.3, 0.4) is 0 Å². The third kappa shape index (κ3) is 1.80. The molecular weight excluding hydrogens is 252 g/mol. The first kappa shape index (κ1) is 12.4. The summed E-state index contributed by atoms with van der Waals surface area (Å²) in [5, 5.41) is 28.9. The summed E-state index contributed by atoms with van der Waals surface area (Å²) in [7, 11) is 0. The first-order valence-electron chi connectivity index (χ1n) is 5.90. The molecule has 102 valence electrons. The lowest BCUT2D eigenvalue weighted by molar-refractivity contribution is -0.0509. The quantitative estimate of drug-likeness (QED) is 0.622. The van der Waals surface area contributed by atoms with E-state index in [1.54, 1.807) is 11.5 Å². The summed E-state index contributed by atoms with van der Waals surface area (Å²) in [6.07, 6.45) is -1.03. The number of ether oxygens (including phenoxy) is 1. The standard InChI is InChI=1S/C11H14N4O4/c1-5-7-10(13-3-12-5)14-4-15(7)11-9(18)8(17)6(2-16)19-11/h3-4,6,8-9,11,16-18H,2H2,1H3/t6-,8+,9+,11-/m1/s1. The van der Waals surface area contributed by atoms with Crippen LogP contribution in [-0.4, -0.2) is 59.8 Å². The van der Waals surface area contributed by atoms with Gasteiger partial charge in [0.05, 0.1) is 18.6 Å². The molecule has 0 aromatic carbocycles. The maximum atomic E-state index is 10.0. The zero-order valence-corrected chi connectivity index (χ0v) is 10.2. The van der Waals surface area contributed by atoms with Gasteiger partial charge in [0, 0.05) is 0 Å². The normalized spacial score (nSPS) is 31.2. The van der Waals surface area contributed by atoms with Crippen LogP contribution in [-0.2, 0) is 4.74 Å². The van der Waals surface area contributed by atoms with Crippen LogP contribution in [0.5, 0.6) is 0 Å². The van der Waals surface area contributed by atoms with Gasteiger partial charge in [0.25, 0.3) is 0 Å². The van der Waals surface area contributed by atoms with Crippen molar-refractivity contribution >= 4 is 11.2 Å². The minimum absolute atomic E-state index is 0.364. The fourth-order valence-electron chi connectivity index (χ4n) is 2.33. The number of nitrogens with zero attached hydrogens (tertiary/aromatic N) is 4. The van der Waals surface area contributed by atoms with Crippen LogP contribution in [0.25, 0.3) is 11.2 Å². The predicted octanol–water partition coefficient (Wildman–Crippen LogP) is -1.25. The maximum absolute atomic E-state index is 10.0. The van der Waals surface area contributed by atoms with Gasteiger partial charge >= 0.3 is 0 Å². The molecule has 4 atom stereocenters. The van der Waals surface area contributed by atoms with E-state index in [2.05, 4.69) is 15.0 Å². The zero-order valence-electron chi connectivity index (χ0n) is 10.2. The molecule has 2 aromatic heterocycles. The molecule has 3 N–H and O–H groups in total. The summed E-state index contributed by atoms with van der Waals surface area (Å²) >= 11 is 0. The fourth-order valence-corrected chi connectivity index (χ4v) is 2.33. The first-order valence-corrected chi connectivity index (χ1v) is 5.90. The van der Waals surface area contributed by atoms with Crippen molar-refractivity contribution < 1.29 is 20.1 Å². The molecule has 1 aliphatic rings. The molecular formula is C11H14N4O4. The molecule has 0 spiro atoms. The Balaban J connectivity index is 2.06.